The normalized spacial score (nSPS) is 22.0. The van der Waals surface area contributed by atoms with Gasteiger partial charge in [-0.1, -0.05) is 12.8 Å². The van der Waals surface area contributed by atoms with Crippen molar-refractivity contribution in [1.29, 1.82) is 0 Å². The van der Waals surface area contributed by atoms with Crippen molar-refractivity contribution in [2.75, 3.05) is 6.54 Å². The Balaban J connectivity index is 2.74. The average molecular weight is 231 g/mol. The molecule has 0 amide bonds. The van der Waals surface area contributed by atoms with Gasteiger partial charge in [-0.2, -0.15) is 22.0 Å². The molecule has 1 fully saturated rings. The molecule has 0 aromatic heterocycles. The Morgan fingerprint density at radius 2 is 1.47 bits per heavy atom. The van der Waals surface area contributed by atoms with Crippen LogP contribution in [0.4, 0.5) is 22.0 Å². The third kappa shape index (κ3) is 2.59. The first-order valence-electron chi connectivity index (χ1n) is 4.87. The lowest BCUT2D eigenvalue weighted by Crippen LogP contribution is -2.43. The topological polar surface area (TPSA) is 26.0 Å². The van der Waals surface area contributed by atoms with Gasteiger partial charge in [0.1, 0.15) is 0 Å². The molecule has 1 nitrogen and oxygen atoms in total. The molecule has 1 aliphatic carbocycles. The lowest BCUT2D eigenvalue weighted by Gasteiger charge is -2.32. The maximum atomic E-state index is 12.8. The summed E-state index contributed by atoms with van der Waals surface area (Å²) in [4.78, 5) is 0. The van der Waals surface area contributed by atoms with Crippen molar-refractivity contribution < 1.29 is 22.0 Å². The molecule has 90 valence electrons. The Kier molecular flexibility index (Phi) is 3.28. The maximum Gasteiger partial charge on any atom is 0.453 e. The van der Waals surface area contributed by atoms with E-state index in [0.29, 0.717) is 25.7 Å². The fourth-order valence-electron chi connectivity index (χ4n) is 2.15. The summed E-state index contributed by atoms with van der Waals surface area (Å²) in [5, 5.41) is 0. The summed E-state index contributed by atoms with van der Waals surface area (Å²) in [5.74, 6) is -4.61. The molecule has 0 atom stereocenters. The van der Waals surface area contributed by atoms with E-state index in [0.717, 1.165) is 0 Å². The first-order chi connectivity index (χ1) is 6.72. The van der Waals surface area contributed by atoms with Crippen molar-refractivity contribution in [3.05, 3.63) is 0 Å². The van der Waals surface area contributed by atoms with Crippen molar-refractivity contribution >= 4 is 0 Å². The standard InChI is InChI=1S/C9H14F5N/c10-8(11,9(12,13)14)5-7(6-15)3-1-2-4-7/h1-6,15H2. The third-order valence-corrected chi connectivity index (χ3v) is 3.11. The summed E-state index contributed by atoms with van der Waals surface area (Å²) in [6.45, 7) is -0.0985. The Morgan fingerprint density at radius 1 is 1.00 bits per heavy atom. The largest absolute Gasteiger partial charge is 0.453 e. The van der Waals surface area contributed by atoms with Gasteiger partial charge in [0, 0.05) is 6.42 Å². The van der Waals surface area contributed by atoms with Crippen molar-refractivity contribution in [1.82, 2.24) is 0 Å². The fraction of sp³-hybridized carbons (Fsp3) is 1.00. The second kappa shape index (κ2) is 3.88. The van der Waals surface area contributed by atoms with Crippen LogP contribution in [-0.2, 0) is 0 Å². The van der Waals surface area contributed by atoms with Crippen LogP contribution in [0.3, 0.4) is 0 Å². The molecule has 0 saturated heterocycles. The van der Waals surface area contributed by atoms with Crippen molar-refractivity contribution in [3.8, 4) is 0 Å². The zero-order chi connectivity index (χ0) is 11.7. The molecule has 0 aromatic carbocycles. The molecule has 0 heterocycles. The van der Waals surface area contributed by atoms with Crippen LogP contribution in [0.15, 0.2) is 0 Å². The van der Waals surface area contributed by atoms with Gasteiger partial charge >= 0.3 is 12.1 Å². The van der Waals surface area contributed by atoms with E-state index in [1.807, 2.05) is 0 Å². The number of nitrogens with two attached hydrogens (primary N) is 1. The average Bonchev–Trinajstić information content (AvgIpc) is 2.51. The monoisotopic (exact) mass is 231 g/mol. The van der Waals surface area contributed by atoms with Crippen molar-refractivity contribution in [2.45, 2.75) is 44.2 Å². The van der Waals surface area contributed by atoms with E-state index in [2.05, 4.69) is 0 Å². The summed E-state index contributed by atoms with van der Waals surface area (Å²) in [6.07, 6.45) is -4.52. The number of hydrogen-bond donors (Lipinski definition) is 1. The van der Waals surface area contributed by atoms with E-state index in [9.17, 15) is 22.0 Å². The molecule has 0 aromatic rings. The van der Waals surface area contributed by atoms with Crippen LogP contribution < -0.4 is 5.73 Å². The minimum Gasteiger partial charge on any atom is -0.330 e. The van der Waals surface area contributed by atoms with Gasteiger partial charge in [0.25, 0.3) is 0 Å². The SMILES string of the molecule is NCC1(CC(F)(F)C(F)(F)F)CCCC1. The molecular formula is C9H14F5N. The van der Waals surface area contributed by atoms with Crippen molar-refractivity contribution in [3.63, 3.8) is 0 Å². The highest BCUT2D eigenvalue weighted by Gasteiger charge is 2.60. The Morgan fingerprint density at radius 3 is 1.80 bits per heavy atom. The predicted molar refractivity (Wildman–Crippen MR) is 45.6 cm³/mol. The fourth-order valence-corrected chi connectivity index (χ4v) is 2.15. The highest BCUT2D eigenvalue weighted by atomic mass is 19.4. The van der Waals surface area contributed by atoms with Crippen LogP contribution in [0.1, 0.15) is 32.1 Å². The minimum atomic E-state index is -5.46. The van der Waals surface area contributed by atoms with Crippen molar-refractivity contribution in [2.24, 2.45) is 11.1 Å². The summed E-state index contributed by atoms with van der Waals surface area (Å²) in [5.41, 5.74) is 4.30. The molecule has 1 saturated carbocycles. The molecule has 15 heavy (non-hydrogen) atoms. The first-order valence-corrected chi connectivity index (χ1v) is 4.87. The quantitative estimate of drug-likeness (QED) is 0.742. The van der Waals surface area contributed by atoms with E-state index in [-0.39, 0.29) is 6.54 Å². The van der Waals surface area contributed by atoms with E-state index in [1.165, 1.54) is 0 Å². The highest BCUT2D eigenvalue weighted by Crippen LogP contribution is 2.49. The van der Waals surface area contributed by atoms with Gasteiger partial charge in [0.05, 0.1) is 0 Å². The first kappa shape index (κ1) is 12.7. The van der Waals surface area contributed by atoms with Gasteiger partial charge in [0.2, 0.25) is 0 Å². The van der Waals surface area contributed by atoms with Gasteiger partial charge in [-0.25, -0.2) is 0 Å². The van der Waals surface area contributed by atoms with Crippen LogP contribution in [-0.4, -0.2) is 18.6 Å². The molecule has 0 unspecified atom stereocenters. The minimum absolute atomic E-state index is 0.0985. The molecular weight excluding hydrogens is 217 g/mol. The molecule has 0 radical (unpaired) electrons. The summed E-state index contributed by atoms with van der Waals surface area (Å²) in [6, 6.07) is 0. The van der Waals surface area contributed by atoms with Gasteiger partial charge in [-0.15, -0.1) is 0 Å². The summed E-state index contributed by atoms with van der Waals surface area (Å²) >= 11 is 0. The van der Waals surface area contributed by atoms with E-state index in [1.54, 1.807) is 0 Å². The number of rotatable bonds is 3. The predicted octanol–water partition coefficient (Wildman–Crippen LogP) is 3.09. The molecule has 1 aliphatic rings. The second-order valence-electron chi connectivity index (χ2n) is 4.29. The molecule has 2 N–H and O–H groups in total. The van der Waals surface area contributed by atoms with Crippen LogP contribution >= 0.6 is 0 Å². The maximum absolute atomic E-state index is 12.8. The smallest absolute Gasteiger partial charge is 0.330 e. The van der Waals surface area contributed by atoms with E-state index < -0.39 is 23.9 Å². The zero-order valence-corrected chi connectivity index (χ0v) is 8.21. The molecule has 0 bridgehead atoms. The molecule has 1 rings (SSSR count). The van der Waals surface area contributed by atoms with Crippen LogP contribution in [0.25, 0.3) is 0 Å². The van der Waals surface area contributed by atoms with Crippen LogP contribution in [0, 0.1) is 5.41 Å². The highest BCUT2D eigenvalue weighted by molar-refractivity contribution is 4.92. The Labute approximate surface area is 84.8 Å². The summed E-state index contributed by atoms with van der Waals surface area (Å²) in [7, 11) is 0. The second-order valence-corrected chi connectivity index (χ2v) is 4.29. The number of halogens is 5. The van der Waals surface area contributed by atoms with Crippen LogP contribution in [0.2, 0.25) is 0 Å². The number of alkyl halides is 5. The molecule has 0 spiro atoms. The number of hydrogen-bond acceptors (Lipinski definition) is 1. The van der Waals surface area contributed by atoms with Gasteiger partial charge in [-0.3, -0.25) is 0 Å². The third-order valence-electron chi connectivity index (χ3n) is 3.11. The molecule has 6 heteroatoms. The Bertz CT molecular complexity index is 217. The van der Waals surface area contributed by atoms with Gasteiger partial charge in [0.15, 0.2) is 0 Å². The lowest BCUT2D eigenvalue weighted by molar-refractivity contribution is -0.292. The van der Waals surface area contributed by atoms with E-state index in [4.69, 9.17) is 5.73 Å². The van der Waals surface area contributed by atoms with Crippen LogP contribution in [0.5, 0.6) is 0 Å². The van der Waals surface area contributed by atoms with Gasteiger partial charge < -0.3 is 5.73 Å². The van der Waals surface area contributed by atoms with Gasteiger partial charge in [-0.05, 0) is 24.8 Å². The molecule has 0 aliphatic heterocycles. The van der Waals surface area contributed by atoms with E-state index >= 15 is 0 Å². The Hall–Kier alpha value is -0.390. The summed E-state index contributed by atoms with van der Waals surface area (Å²) < 4.78 is 61.7. The lowest BCUT2D eigenvalue weighted by atomic mass is 9.80. The zero-order valence-electron chi connectivity index (χ0n) is 8.21.